The Balaban J connectivity index is 1.80. The highest BCUT2D eigenvalue weighted by atomic mass is 16.3. The summed E-state index contributed by atoms with van der Waals surface area (Å²) in [7, 11) is 1.74. The Morgan fingerprint density at radius 3 is 2.43 bits per heavy atom. The van der Waals surface area contributed by atoms with Gasteiger partial charge in [-0.15, -0.1) is 0 Å². The fourth-order valence-electron chi connectivity index (χ4n) is 6.43. The Bertz CT molecular complexity index is 1760. The lowest BCUT2D eigenvalue weighted by Gasteiger charge is -2.20. The number of likely N-dealkylation sites (N-methyl/N-ethyl adjacent to an activating group) is 1. The highest BCUT2D eigenvalue weighted by molar-refractivity contribution is 5.86. The van der Waals surface area contributed by atoms with Gasteiger partial charge in [-0.2, -0.15) is 0 Å². The largest absolute Gasteiger partial charge is 0.395 e. The van der Waals surface area contributed by atoms with Gasteiger partial charge in [0.05, 0.1) is 18.0 Å². The van der Waals surface area contributed by atoms with Crippen molar-refractivity contribution in [1.29, 1.82) is 0 Å². The minimum atomic E-state index is -0.0411. The number of fused-ring (bicyclic) bond motifs is 8. The van der Waals surface area contributed by atoms with Crippen LogP contribution in [0.25, 0.3) is 39.8 Å². The molecule has 2 aliphatic heterocycles. The molecule has 2 aliphatic rings. The second kappa shape index (κ2) is 11.7. The van der Waals surface area contributed by atoms with Crippen molar-refractivity contribution in [3.8, 4) is 0 Å². The van der Waals surface area contributed by atoms with E-state index in [1.165, 1.54) is 11.1 Å². The topological polar surface area (TPSA) is 97.9 Å². The van der Waals surface area contributed by atoms with Crippen molar-refractivity contribution in [1.82, 2.24) is 24.8 Å². The fourth-order valence-corrected chi connectivity index (χ4v) is 6.43. The second-order valence-electron chi connectivity index (χ2n) is 11.8. The molecule has 5 rings (SSSR count). The lowest BCUT2D eigenvalue weighted by molar-refractivity contribution is -0.130. The molecule has 3 aromatic rings. The van der Waals surface area contributed by atoms with Crippen molar-refractivity contribution >= 4 is 45.7 Å². The van der Waals surface area contributed by atoms with E-state index < -0.39 is 0 Å². The number of aromatic amines is 2. The number of carbonyl (C=O) groups is 1. The van der Waals surface area contributed by atoms with E-state index in [4.69, 9.17) is 9.97 Å². The Morgan fingerprint density at radius 2 is 1.74 bits per heavy atom. The zero-order chi connectivity index (χ0) is 30.3. The molecule has 0 saturated carbocycles. The van der Waals surface area contributed by atoms with Gasteiger partial charge in [-0.3, -0.25) is 9.78 Å². The Kier molecular flexibility index (Phi) is 8.24. The molecule has 42 heavy (non-hydrogen) atoms. The number of hydrogen-bond donors (Lipinski definition) is 3. The third-order valence-electron chi connectivity index (χ3n) is 9.21. The number of allylic oxidation sites excluding steroid dienone is 1. The molecule has 0 aliphatic carbocycles. The lowest BCUT2D eigenvalue weighted by Crippen LogP contribution is -2.29. The van der Waals surface area contributed by atoms with Crippen molar-refractivity contribution in [2.45, 2.75) is 72.6 Å². The summed E-state index contributed by atoms with van der Waals surface area (Å²) >= 11 is 0. The Labute approximate surface area is 248 Å². The van der Waals surface area contributed by atoms with Crippen LogP contribution in [0, 0.1) is 20.8 Å². The summed E-state index contributed by atoms with van der Waals surface area (Å²) < 4.78 is 0. The minimum Gasteiger partial charge on any atom is -0.395 e. The number of aliphatic hydroxyl groups is 1. The molecule has 3 N–H and O–H groups in total. The van der Waals surface area contributed by atoms with Crippen LogP contribution < -0.4 is 0 Å². The van der Waals surface area contributed by atoms with Gasteiger partial charge in [-0.1, -0.05) is 26.5 Å². The van der Waals surface area contributed by atoms with Gasteiger partial charge < -0.3 is 20.0 Å². The van der Waals surface area contributed by atoms with Crippen molar-refractivity contribution in [3.63, 3.8) is 0 Å². The minimum absolute atomic E-state index is 0.0337. The number of nitrogens with zero attached hydrogens (tertiary/aromatic N) is 3. The van der Waals surface area contributed by atoms with Crippen LogP contribution in [0.4, 0.5) is 0 Å². The molecule has 3 aromatic heterocycles. The van der Waals surface area contributed by atoms with Crippen LogP contribution in [0.2, 0.25) is 0 Å². The number of rotatable bonds is 7. The molecule has 7 heteroatoms. The van der Waals surface area contributed by atoms with Gasteiger partial charge in [-0.05, 0) is 92.6 Å². The van der Waals surface area contributed by atoms with Gasteiger partial charge in [0.25, 0.3) is 0 Å². The van der Waals surface area contributed by atoms with E-state index in [1.807, 2.05) is 6.08 Å². The number of aryl methyl sites for hydroxylation is 3. The number of aromatic nitrogens is 4. The predicted molar refractivity (Wildman–Crippen MR) is 173 cm³/mol. The third-order valence-corrected chi connectivity index (χ3v) is 9.21. The zero-order valence-corrected chi connectivity index (χ0v) is 26.0. The molecule has 0 unspecified atom stereocenters. The van der Waals surface area contributed by atoms with E-state index in [9.17, 15) is 9.90 Å². The summed E-state index contributed by atoms with van der Waals surface area (Å²) in [6, 6.07) is 6.51. The van der Waals surface area contributed by atoms with Gasteiger partial charge in [-0.25, -0.2) is 4.98 Å². The summed E-state index contributed by atoms with van der Waals surface area (Å²) in [5.74, 6) is 0.222. The molecule has 8 bridgehead atoms. The number of nitrogens with one attached hydrogen (secondary N) is 2. The molecule has 0 fully saturated rings. The third kappa shape index (κ3) is 5.22. The predicted octanol–water partition coefficient (Wildman–Crippen LogP) is 7.12. The molecule has 0 spiro atoms. The quantitative estimate of drug-likeness (QED) is 0.284. The normalized spacial score (nSPS) is 16.4. The highest BCUT2D eigenvalue weighted by Crippen LogP contribution is 2.42. The van der Waals surface area contributed by atoms with Crippen LogP contribution in [0.5, 0.6) is 0 Å². The van der Waals surface area contributed by atoms with Gasteiger partial charge in [0.2, 0.25) is 5.91 Å². The average molecular weight is 566 g/mol. The highest BCUT2D eigenvalue weighted by Gasteiger charge is 2.31. The molecular formula is C35H43N5O2. The number of aliphatic hydroxyl groups excluding tert-OH is 1. The molecule has 220 valence electrons. The molecular weight excluding hydrogens is 522 g/mol. The van der Waals surface area contributed by atoms with Crippen LogP contribution in [-0.2, 0) is 11.2 Å². The van der Waals surface area contributed by atoms with E-state index in [1.54, 1.807) is 11.9 Å². The molecule has 2 atom stereocenters. The number of carbonyl (C=O) groups excluding carboxylic acids is 1. The smallest absolute Gasteiger partial charge is 0.222 e. The standard InChI is InChI=1S/C35H43N5O2/c1-9-24-21(5)30-18-33-25(10-2)20(4)29(37-33)17-31-22(6)26(11-12-34(42)40(8)13-14-41)35(39-31)23(7)28-15-19(3)27(36-28)16-32(24)38-30/h10,15-18,22,26,37-38,41H,2,9,11-14H2,1,3-8H3/t22-,26-/m0/s1. The van der Waals surface area contributed by atoms with E-state index in [-0.39, 0.29) is 24.3 Å². The van der Waals surface area contributed by atoms with Gasteiger partial charge >= 0.3 is 0 Å². The molecule has 0 aromatic carbocycles. The lowest BCUT2D eigenvalue weighted by atomic mass is 9.85. The number of hydrogen-bond acceptors (Lipinski definition) is 4. The van der Waals surface area contributed by atoms with Crippen molar-refractivity contribution in [2.24, 2.45) is 0 Å². The van der Waals surface area contributed by atoms with Gasteiger partial charge in [0.15, 0.2) is 0 Å². The molecule has 1 amide bonds. The first-order valence-electron chi connectivity index (χ1n) is 15.0. The molecule has 0 saturated heterocycles. The van der Waals surface area contributed by atoms with E-state index >= 15 is 0 Å². The van der Waals surface area contributed by atoms with Crippen molar-refractivity contribution < 1.29 is 9.90 Å². The first-order chi connectivity index (χ1) is 20.1. The molecule has 5 heterocycles. The maximum Gasteiger partial charge on any atom is 0.222 e. The Morgan fingerprint density at radius 1 is 1.02 bits per heavy atom. The van der Waals surface area contributed by atoms with E-state index in [2.05, 4.69) is 82.4 Å². The summed E-state index contributed by atoms with van der Waals surface area (Å²) in [6.07, 6.45) is 6.05. The summed E-state index contributed by atoms with van der Waals surface area (Å²) in [4.78, 5) is 32.1. The van der Waals surface area contributed by atoms with Crippen LogP contribution in [0.1, 0.15) is 96.0 Å². The number of H-pyrrole nitrogens is 2. The van der Waals surface area contributed by atoms with Crippen LogP contribution >= 0.6 is 0 Å². The zero-order valence-electron chi connectivity index (χ0n) is 26.0. The number of amides is 1. The first-order valence-corrected chi connectivity index (χ1v) is 15.0. The van der Waals surface area contributed by atoms with Crippen molar-refractivity contribution in [3.05, 3.63) is 75.4 Å². The average Bonchev–Trinajstić information content (AvgIpc) is 3.66. The Hall–Kier alpha value is -3.97. The van der Waals surface area contributed by atoms with Gasteiger partial charge in [0.1, 0.15) is 0 Å². The summed E-state index contributed by atoms with van der Waals surface area (Å²) in [6.45, 7) is 17.3. The van der Waals surface area contributed by atoms with Crippen LogP contribution in [-0.4, -0.2) is 56.0 Å². The first kappa shape index (κ1) is 29.5. The van der Waals surface area contributed by atoms with Gasteiger partial charge in [0, 0.05) is 70.9 Å². The maximum atomic E-state index is 12.8. The van der Waals surface area contributed by atoms with Crippen molar-refractivity contribution in [2.75, 3.05) is 20.2 Å². The SMILES string of the molecule is C=Cc1c(C)c2cc3nc(c(C)c4nc(cc5[nH]c(cc1[nH]2)c(C)c5CC)C(C)=C4)[C@@H](CCC(=O)N(C)CCO)[C@@H]3C. The summed E-state index contributed by atoms with van der Waals surface area (Å²) in [5.41, 5.74) is 14.9. The molecule has 7 nitrogen and oxygen atoms in total. The van der Waals surface area contributed by atoms with E-state index in [0.29, 0.717) is 19.4 Å². The maximum absolute atomic E-state index is 12.8. The van der Waals surface area contributed by atoms with Crippen LogP contribution in [0.15, 0.2) is 24.8 Å². The summed E-state index contributed by atoms with van der Waals surface area (Å²) in [5, 5.41) is 9.29. The monoisotopic (exact) mass is 565 g/mol. The molecule has 0 radical (unpaired) electrons. The fraction of sp³-hybridized carbons (Fsp3) is 0.400. The van der Waals surface area contributed by atoms with Crippen LogP contribution in [0.3, 0.4) is 0 Å². The second-order valence-corrected chi connectivity index (χ2v) is 11.8. The van der Waals surface area contributed by atoms with E-state index in [0.717, 1.165) is 73.5 Å².